The average Bonchev–Trinajstić information content (AvgIpc) is 3.01. The maximum absolute atomic E-state index is 12.3. The van der Waals surface area contributed by atoms with Crippen molar-refractivity contribution >= 4 is 17.6 Å². The van der Waals surface area contributed by atoms with Gasteiger partial charge in [0.05, 0.1) is 0 Å². The molecule has 3 amide bonds. The van der Waals surface area contributed by atoms with Crippen molar-refractivity contribution in [1.29, 1.82) is 0 Å². The number of benzene rings is 1. The molecule has 2 rings (SSSR count). The number of likely N-dealkylation sites (tertiary alicyclic amines) is 1. The van der Waals surface area contributed by atoms with E-state index in [9.17, 15) is 22.8 Å². The summed E-state index contributed by atoms with van der Waals surface area (Å²) >= 11 is 0. The number of hydrogen-bond acceptors (Lipinski definition) is 3. The van der Waals surface area contributed by atoms with Crippen LogP contribution in [-0.4, -0.2) is 42.8 Å². The Kier molecular flexibility index (Phi) is 6.22. The Hall–Kier alpha value is -2.45. The number of amides is 3. The van der Waals surface area contributed by atoms with E-state index in [0.29, 0.717) is 25.3 Å². The predicted octanol–water partition coefficient (Wildman–Crippen LogP) is 3.60. The average molecular weight is 387 g/mol. The predicted molar refractivity (Wildman–Crippen MR) is 94.3 cm³/mol. The van der Waals surface area contributed by atoms with Gasteiger partial charge in [-0.25, -0.2) is 4.79 Å². The molecule has 1 aromatic rings. The molecule has 1 aliphatic rings. The van der Waals surface area contributed by atoms with Crippen LogP contribution < -0.4 is 15.4 Å². The number of nitrogens with one attached hydrogen (secondary N) is 2. The first-order chi connectivity index (χ1) is 12.4. The minimum atomic E-state index is -4.75. The summed E-state index contributed by atoms with van der Waals surface area (Å²) < 4.78 is 40.2. The summed E-state index contributed by atoms with van der Waals surface area (Å²) in [5.74, 6) is -0.215. The fourth-order valence-electron chi connectivity index (χ4n) is 2.63. The van der Waals surface area contributed by atoms with Gasteiger partial charge < -0.3 is 20.3 Å². The Balaban J connectivity index is 1.81. The van der Waals surface area contributed by atoms with Crippen LogP contribution in [0.15, 0.2) is 24.3 Å². The second-order valence-electron chi connectivity index (χ2n) is 7.56. The number of carbonyl (C=O) groups excluding carboxylic acids is 2. The molecule has 1 unspecified atom stereocenters. The van der Waals surface area contributed by atoms with E-state index in [4.69, 9.17) is 0 Å². The molecule has 1 atom stereocenters. The fourth-order valence-corrected chi connectivity index (χ4v) is 2.63. The minimum Gasteiger partial charge on any atom is -0.406 e. The Morgan fingerprint density at radius 3 is 2.37 bits per heavy atom. The highest BCUT2D eigenvalue weighted by Crippen LogP contribution is 2.24. The van der Waals surface area contributed by atoms with E-state index in [0.717, 1.165) is 18.6 Å². The van der Waals surface area contributed by atoms with Crippen molar-refractivity contribution in [2.24, 2.45) is 11.3 Å². The van der Waals surface area contributed by atoms with E-state index in [-0.39, 0.29) is 23.6 Å². The highest BCUT2D eigenvalue weighted by Gasteiger charge is 2.31. The van der Waals surface area contributed by atoms with Crippen LogP contribution in [0.3, 0.4) is 0 Å². The van der Waals surface area contributed by atoms with E-state index in [1.807, 2.05) is 20.8 Å². The number of halogens is 3. The van der Waals surface area contributed by atoms with Gasteiger partial charge in [0, 0.05) is 30.7 Å². The van der Waals surface area contributed by atoms with E-state index in [2.05, 4.69) is 15.4 Å². The van der Waals surface area contributed by atoms with Crippen molar-refractivity contribution in [3.05, 3.63) is 24.3 Å². The number of hydrogen-bond donors (Lipinski definition) is 2. The van der Waals surface area contributed by atoms with Crippen LogP contribution in [0.1, 0.15) is 27.2 Å². The normalized spacial score (nSPS) is 17.6. The second-order valence-corrected chi connectivity index (χ2v) is 7.56. The lowest BCUT2D eigenvalue weighted by atomic mass is 9.95. The lowest BCUT2D eigenvalue weighted by Gasteiger charge is -2.20. The van der Waals surface area contributed by atoms with Crippen molar-refractivity contribution in [2.75, 3.05) is 25.0 Å². The molecule has 27 heavy (non-hydrogen) atoms. The van der Waals surface area contributed by atoms with Crippen LogP contribution in [0.2, 0.25) is 0 Å². The molecule has 0 spiro atoms. The van der Waals surface area contributed by atoms with Gasteiger partial charge in [0.1, 0.15) is 5.75 Å². The Morgan fingerprint density at radius 2 is 1.81 bits per heavy atom. The van der Waals surface area contributed by atoms with Gasteiger partial charge in [-0.15, -0.1) is 13.2 Å². The summed E-state index contributed by atoms with van der Waals surface area (Å²) in [6, 6.07) is 4.63. The van der Waals surface area contributed by atoms with Crippen molar-refractivity contribution in [2.45, 2.75) is 33.6 Å². The van der Waals surface area contributed by atoms with Crippen molar-refractivity contribution in [3.63, 3.8) is 0 Å². The second kappa shape index (κ2) is 8.06. The van der Waals surface area contributed by atoms with Gasteiger partial charge in [-0.2, -0.15) is 0 Å². The molecule has 0 aliphatic carbocycles. The Bertz CT molecular complexity index is 669. The maximum Gasteiger partial charge on any atom is 0.573 e. The number of anilines is 1. The molecule has 1 aliphatic heterocycles. The molecule has 6 nitrogen and oxygen atoms in total. The lowest BCUT2D eigenvalue weighted by Crippen LogP contribution is -2.39. The van der Waals surface area contributed by atoms with Gasteiger partial charge in [0.25, 0.3) is 0 Å². The summed E-state index contributed by atoms with van der Waals surface area (Å²) in [6.45, 7) is 7.07. The van der Waals surface area contributed by atoms with E-state index in [1.54, 1.807) is 4.90 Å². The highest BCUT2D eigenvalue weighted by molar-refractivity contribution is 5.89. The summed E-state index contributed by atoms with van der Waals surface area (Å²) in [4.78, 5) is 25.8. The third kappa shape index (κ3) is 6.65. The molecule has 1 heterocycles. The largest absolute Gasteiger partial charge is 0.573 e. The van der Waals surface area contributed by atoms with Crippen molar-refractivity contribution < 1.29 is 27.5 Å². The van der Waals surface area contributed by atoms with E-state index >= 15 is 0 Å². The first kappa shape index (κ1) is 20.9. The number of ether oxygens (including phenoxy) is 1. The lowest BCUT2D eigenvalue weighted by molar-refractivity contribution is -0.274. The molecule has 1 fully saturated rings. The van der Waals surface area contributed by atoms with Crippen LogP contribution in [0, 0.1) is 11.3 Å². The van der Waals surface area contributed by atoms with Crippen molar-refractivity contribution in [1.82, 2.24) is 10.2 Å². The van der Waals surface area contributed by atoms with Gasteiger partial charge in [-0.3, -0.25) is 4.79 Å². The minimum absolute atomic E-state index is 0.0356. The zero-order chi connectivity index (χ0) is 20.2. The standard InChI is InChI=1S/C18H24F3N3O3/c1-17(2,3)15(25)22-10-12-8-9-24(11-12)16(26)23-13-4-6-14(7-5-13)27-18(19,20)21/h4-7,12H,8-11H2,1-3H3,(H,22,25)(H,23,26). The summed E-state index contributed by atoms with van der Waals surface area (Å²) in [5.41, 5.74) is -0.0866. The summed E-state index contributed by atoms with van der Waals surface area (Å²) in [7, 11) is 0. The zero-order valence-corrected chi connectivity index (χ0v) is 15.5. The quantitative estimate of drug-likeness (QED) is 0.829. The van der Waals surface area contributed by atoms with Crippen LogP contribution >= 0.6 is 0 Å². The smallest absolute Gasteiger partial charge is 0.406 e. The number of rotatable bonds is 4. The van der Waals surface area contributed by atoms with Crippen LogP contribution in [-0.2, 0) is 4.79 Å². The van der Waals surface area contributed by atoms with Gasteiger partial charge in [-0.1, -0.05) is 20.8 Å². The fraction of sp³-hybridized carbons (Fsp3) is 0.556. The number of nitrogens with zero attached hydrogens (tertiary/aromatic N) is 1. The molecule has 1 saturated heterocycles. The Labute approximate surface area is 156 Å². The summed E-state index contributed by atoms with van der Waals surface area (Å²) in [6.07, 6.45) is -3.98. The Morgan fingerprint density at radius 1 is 1.19 bits per heavy atom. The SMILES string of the molecule is CC(C)(C)C(=O)NCC1CCN(C(=O)Nc2ccc(OC(F)(F)F)cc2)C1. The van der Waals surface area contributed by atoms with Gasteiger partial charge in [-0.05, 0) is 36.6 Å². The molecule has 0 radical (unpaired) electrons. The van der Waals surface area contributed by atoms with Crippen LogP contribution in [0.5, 0.6) is 5.75 Å². The molecule has 1 aromatic carbocycles. The van der Waals surface area contributed by atoms with Gasteiger partial charge >= 0.3 is 12.4 Å². The molecule has 0 aromatic heterocycles. The number of urea groups is 1. The number of alkyl halides is 3. The topological polar surface area (TPSA) is 70.7 Å². The van der Waals surface area contributed by atoms with Gasteiger partial charge in [0.2, 0.25) is 5.91 Å². The highest BCUT2D eigenvalue weighted by atomic mass is 19.4. The van der Waals surface area contributed by atoms with E-state index in [1.165, 1.54) is 12.1 Å². The number of carbonyl (C=O) groups is 2. The monoisotopic (exact) mass is 387 g/mol. The first-order valence-corrected chi connectivity index (χ1v) is 8.64. The van der Waals surface area contributed by atoms with Crippen LogP contribution in [0.25, 0.3) is 0 Å². The summed E-state index contributed by atoms with van der Waals surface area (Å²) in [5, 5.41) is 5.54. The zero-order valence-electron chi connectivity index (χ0n) is 15.5. The van der Waals surface area contributed by atoms with Gasteiger partial charge in [0.15, 0.2) is 0 Å². The first-order valence-electron chi connectivity index (χ1n) is 8.64. The maximum atomic E-state index is 12.3. The molecular formula is C18H24F3N3O3. The molecule has 0 saturated carbocycles. The molecule has 9 heteroatoms. The molecule has 2 N–H and O–H groups in total. The molecular weight excluding hydrogens is 363 g/mol. The third-order valence-electron chi connectivity index (χ3n) is 4.14. The van der Waals surface area contributed by atoms with E-state index < -0.39 is 11.8 Å². The van der Waals surface area contributed by atoms with Crippen molar-refractivity contribution in [3.8, 4) is 5.75 Å². The molecule has 0 bridgehead atoms. The third-order valence-corrected chi connectivity index (χ3v) is 4.14. The molecule has 150 valence electrons. The van der Waals surface area contributed by atoms with Crippen LogP contribution in [0.4, 0.5) is 23.7 Å².